The molecule has 208 valence electrons. The predicted octanol–water partition coefficient (Wildman–Crippen LogP) is 6.01. The van der Waals surface area contributed by atoms with E-state index >= 15 is 0 Å². The number of nitrogens with one attached hydrogen (secondary N) is 1. The molecule has 4 aromatic rings. The summed E-state index contributed by atoms with van der Waals surface area (Å²) in [6.07, 6.45) is 1.20. The smallest absolute Gasteiger partial charge is 0.344 e. The molecule has 2 heterocycles. The number of carbonyl (C=O) groups is 2. The van der Waals surface area contributed by atoms with E-state index in [9.17, 15) is 9.59 Å². The highest BCUT2D eigenvalue weighted by atomic mass is 35.5. The first-order valence-corrected chi connectivity index (χ1v) is 13.0. The zero-order valence-electron chi connectivity index (χ0n) is 22.6. The van der Waals surface area contributed by atoms with Crippen molar-refractivity contribution in [2.45, 2.75) is 40.4 Å². The van der Waals surface area contributed by atoms with Crippen molar-refractivity contribution in [2.75, 3.05) is 6.61 Å². The highest BCUT2D eigenvalue weighted by molar-refractivity contribution is 6.32. The van der Waals surface area contributed by atoms with E-state index in [1.165, 1.54) is 6.21 Å². The molecule has 0 saturated heterocycles. The van der Waals surface area contributed by atoms with Gasteiger partial charge in [-0.15, -0.1) is 0 Å². The average Bonchev–Trinajstić information content (AvgIpc) is 3.53. The van der Waals surface area contributed by atoms with Crippen molar-refractivity contribution in [1.82, 2.24) is 9.99 Å². The zero-order chi connectivity index (χ0) is 28.6. The first-order valence-electron chi connectivity index (χ1n) is 12.6. The number of amides is 1. The number of hydrogen-bond donors (Lipinski definition) is 1. The minimum Gasteiger partial charge on any atom is -0.486 e. The molecular formula is C30H30ClN3O6. The fourth-order valence-corrected chi connectivity index (χ4v) is 4.11. The summed E-state index contributed by atoms with van der Waals surface area (Å²) >= 11 is 6.22. The molecule has 1 N–H and O–H groups in total. The summed E-state index contributed by atoms with van der Waals surface area (Å²) in [5.41, 5.74) is 6.40. The number of furan rings is 1. The fourth-order valence-electron chi connectivity index (χ4n) is 3.87. The van der Waals surface area contributed by atoms with Gasteiger partial charge < -0.3 is 23.2 Å². The van der Waals surface area contributed by atoms with Crippen LogP contribution in [0, 0.1) is 13.8 Å². The van der Waals surface area contributed by atoms with Crippen LogP contribution < -0.4 is 14.9 Å². The Morgan fingerprint density at radius 3 is 2.40 bits per heavy atom. The van der Waals surface area contributed by atoms with Crippen LogP contribution in [0.3, 0.4) is 0 Å². The van der Waals surface area contributed by atoms with Crippen LogP contribution in [0.2, 0.25) is 5.02 Å². The Bertz CT molecular complexity index is 1480. The average molecular weight is 564 g/mol. The topological polar surface area (TPSA) is 104 Å². The number of hydrazone groups is 1. The van der Waals surface area contributed by atoms with Gasteiger partial charge in [-0.1, -0.05) is 11.6 Å². The highest BCUT2D eigenvalue weighted by Crippen LogP contribution is 2.25. The van der Waals surface area contributed by atoms with Crippen LogP contribution in [0.5, 0.6) is 11.5 Å². The van der Waals surface area contributed by atoms with Gasteiger partial charge in [0.2, 0.25) is 0 Å². The number of rotatable bonds is 11. The number of hydrogen-bond acceptors (Lipinski definition) is 7. The maximum absolute atomic E-state index is 12.4. The number of nitrogens with zero attached hydrogens (tertiary/aromatic N) is 2. The summed E-state index contributed by atoms with van der Waals surface area (Å²) in [5, 5.41) is 4.23. The first kappa shape index (κ1) is 28.5. The second-order valence-corrected chi connectivity index (χ2v) is 9.62. The van der Waals surface area contributed by atoms with Gasteiger partial charge in [0.25, 0.3) is 0 Å². The standard InChI is InChI=1S/C30H30ClN3O6/c1-19(2)39-29(35)18-38-27-13-7-22(15-26(27)31)16-32-33-30(36)28-14-12-25(40-28)17-37-24-10-8-23(9-11-24)34-20(3)5-6-21(34)4/h5-16,19H,17-18H2,1-4H3,(H,33,36)/b32-16+. The molecule has 0 saturated carbocycles. The Balaban J connectivity index is 1.25. The van der Waals surface area contributed by atoms with E-state index in [4.69, 9.17) is 30.2 Å². The molecule has 40 heavy (non-hydrogen) atoms. The normalized spacial score (nSPS) is 11.2. The van der Waals surface area contributed by atoms with E-state index < -0.39 is 11.9 Å². The summed E-state index contributed by atoms with van der Waals surface area (Å²) < 4.78 is 24.0. The summed E-state index contributed by atoms with van der Waals surface area (Å²) in [4.78, 5) is 24.1. The molecule has 0 fully saturated rings. The van der Waals surface area contributed by atoms with Crippen molar-refractivity contribution in [3.63, 3.8) is 0 Å². The van der Waals surface area contributed by atoms with E-state index in [2.05, 4.69) is 41.1 Å². The SMILES string of the molecule is Cc1ccc(C)n1-c1ccc(OCc2ccc(C(=O)N/N=C/c3ccc(OCC(=O)OC(C)C)c(Cl)c3)o2)cc1. The van der Waals surface area contributed by atoms with E-state index in [-0.39, 0.29) is 30.1 Å². The lowest BCUT2D eigenvalue weighted by atomic mass is 10.2. The Hall–Kier alpha value is -4.50. The van der Waals surface area contributed by atoms with Crippen molar-refractivity contribution < 1.29 is 28.2 Å². The van der Waals surface area contributed by atoms with Crippen LogP contribution >= 0.6 is 11.6 Å². The van der Waals surface area contributed by atoms with Gasteiger partial charge in [0, 0.05) is 17.1 Å². The molecule has 2 aromatic heterocycles. The fraction of sp³-hybridized carbons (Fsp3) is 0.233. The third kappa shape index (κ3) is 7.54. The molecule has 0 aliphatic carbocycles. The van der Waals surface area contributed by atoms with Gasteiger partial charge >= 0.3 is 11.9 Å². The molecule has 10 heteroatoms. The zero-order valence-corrected chi connectivity index (χ0v) is 23.4. The number of ether oxygens (including phenoxy) is 3. The van der Waals surface area contributed by atoms with Gasteiger partial charge in [0.15, 0.2) is 12.4 Å². The number of carbonyl (C=O) groups excluding carboxylic acids is 2. The molecule has 0 aliphatic heterocycles. The van der Waals surface area contributed by atoms with Crippen LogP contribution in [-0.4, -0.2) is 35.4 Å². The van der Waals surface area contributed by atoms with Gasteiger partial charge in [-0.25, -0.2) is 10.2 Å². The first-order chi connectivity index (χ1) is 19.2. The number of aromatic nitrogens is 1. The van der Waals surface area contributed by atoms with Crippen LogP contribution in [-0.2, 0) is 16.1 Å². The second kappa shape index (κ2) is 13.0. The Morgan fingerprint density at radius 1 is 1.00 bits per heavy atom. The lowest BCUT2D eigenvalue weighted by molar-refractivity contribution is -0.149. The Kier molecular flexibility index (Phi) is 9.29. The number of halogens is 1. The molecule has 4 rings (SSSR count). The van der Waals surface area contributed by atoms with Crippen LogP contribution in [0.25, 0.3) is 5.69 Å². The summed E-state index contributed by atoms with van der Waals surface area (Å²) in [6, 6.07) is 20.0. The van der Waals surface area contributed by atoms with Crippen molar-refractivity contribution in [3.8, 4) is 17.2 Å². The van der Waals surface area contributed by atoms with E-state index in [0.717, 1.165) is 17.1 Å². The minimum absolute atomic E-state index is 0.0970. The van der Waals surface area contributed by atoms with E-state index in [0.29, 0.717) is 22.8 Å². The van der Waals surface area contributed by atoms with Crippen LogP contribution in [0.1, 0.15) is 47.1 Å². The van der Waals surface area contributed by atoms with Gasteiger partial charge in [0.1, 0.15) is 23.9 Å². The molecule has 0 bridgehead atoms. The van der Waals surface area contributed by atoms with Crippen molar-refractivity contribution >= 4 is 29.7 Å². The van der Waals surface area contributed by atoms with E-state index in [1.807, 2.05) is 24.3 Å². The Labute approximate surface area is 237 Å². The molecule has 0 atom stereocenters. The third-order valence-corrected chi connectivity index (χ3v) is 5.98. The molecule has 9 nitrogen and oxygen atoms in total. The Morgan fingerprint density at radius 2 is 1.73 bits per heavy atom. The number of aryl methyl sites for hydroxylation is 2. The molecule has 2 aromatic carbocycles. The predicted molar refractivity (Wildman–Crippen MR) is 152 cm³/mol. The molecule has 0 spiro atoms. The quantitative estimate of drug-likeness (QED) is 0.136. The monoisotopic (exact) mass is 563 g/mol. The molecule has 1 amide bonds. The van der Waals surface area contributed by atoms with Crippen LogP contribution in [0.4, 0.5) is 0 Å². The number of esters is 1. The molecular weight excluding hydrogens is 534 g/mol. The second-order valence-electron chi connectivity index (χ2n) is 9.22. The van der Waals surface area contributed by atoms with Gasteiger partial charge in [-0.2, -0.15) is 5.10 Å². The summed E-state index contributed by atoms with van der Waals surface area (Å²) in [7, 11) is 0. The number of benzene rings is 2. The van der Waals surface area contributed by atoms with Crippen molar-refractivity contribution in [1.29, 1.82) is 0 Å². The lowest BCUT2D eigenvalue weighted by Crippen LogP contribution is -2.18. The minimum atomic E-state index is -0.515. The maximum atomic E-state index is 12.4. The van der Waals surface area contributed by atoms with Crippen molar-refractivity contribution in [2.24, 2.45) is 5.10 Å². The molecule has 0 radical (unpaired) electrons. The summed E-state index contributed by atoms with van der Waals surface area (Å²) in [6.45, 7) is 7.55. The molecule has 0 aliphatic rings. The highest BCUT2D eigenvalue weighted by Gasteiger charge is 2.12. The van der Waals surface area contributed by atoms with Gasteiger partial charge in [-0.05, 0) is 100.0 Å². The van der Waals surface area contributed by atoms with Crippen LogP contribution in [0.15, 0.2) is 76.2 Å². The maximum Gasteiger partial charge on any atom is 0.344 e. The molecule has 0 unspecified atom stereocenters. The largest absolute Gasteiger partial charge is 0.486 e. The third-order valence-electron chi connectivity index (χ3n) is 5.68. The van der Waals surface area contributed by atoms with Crippen molar-refractivity contribution in [3.05, 3.63) is 100 Å². The summed E-state index contributed by atoms with van der Waals surface area (Å²) in [5.74, 6) is 0.605. The lowest BCUT2D eigenvalue weighted by Gasteiger charge is -2.10. The van der Waals surface area contributed by atoms with Gasteiger partial charge in [-0.3, -0.25) is 4.79 Å². The van der Waals surface area contributed by atoms with E-state index in [1.54, 1.807) is 44.2 Å². The van der Waals surface area contributed by atoms with Gasteiger partial charge in [0.05, 0.1) is 17.3 Å².